The molecule has 0 aliphatic heterocycles. The minimum Gasteiger partial charge on any atom is -0.398 e. The van der Waals surface area contributed by atoms with Crippen LogP contribution < -0.4 is 5.73 Å². The molecule has 3 N–H and O–H groups in total. The van der Waals surface area contributed by atoms with Crippen molar-refractivity contribution in [3.8, 4) is 11.8 Å². The molecule has 110 valence electrons. The van der Waals surface area contributed by atoms with Gasteiger partial charge in [-0.2, -0.15) is 13.2 Å². The van der Waals surface area contributed by atoms with Crippen LogP contribution in [0.3, 0.4) is 0 Å². The fourth-order valence-corrected chi connectivity index (χ4v) is 1.57. The zero-order chi connectivity index (χ0) is 15.3. The van der Waals surface area contributed by atoms with Crippen LogP contribution in [0.1, 0.15) is 31.4 Å². The number of rotatable bonds is 1. The Balaban J connectivity index is 0.000000276. The van der Waals surface area contributed by atoms with Gasteiger partial charge in [-0.3, -0.25) is 0 Å². The third-order valence-corrected chi connectivity index (χ3v) is 2.81. The molecule has 6 heteroatoms. The van der Waals surface area contributed by atoms with Crippen molar-refractivity contribution in [1.29, 1.82) is 0 Å². The van der Waals surface area contributed by atoms with Gasteiger partial charge in [0, 0.05) is 22.2 Å². The molecule has 0 saturated heterocycles. The van der Waals surface area contributed by atoms with Crippen LogP contribution in [0.4, 0.5) is 18.9 Å². The van der Waals surface area contributed by atoms with E-state index in [2.05, 4.69) is 11.8 Å². The van der Waals surface area contributed by atoms with E-state index in [1.807, 2.05) is 6.92 Å². The van der Waals surface area contributed by atoms with Crippen molar-refractivity contribution in [3.05, 3.63) is 28.8 Å². The lowest BCUT2D eigenvalue weighted by Crippen LogP contribution is -2.21. The Morgan fingerprint density at radius 3 is 2.40 bits per heavy atom. The van der Waals surface area contributed by atoms with Crippen molar-refractivity contribution in [3.63, 3.8) is 0 Å². The van der Waals surface area contributed by atoms with Gasteiger partial charge < -0.3 is 10.8 Å². The normalized spacial score (nSPS) is 15.5. The first-order valence-corrected chi connectivity index (χ1v) is 6.35. The summed E-state index contributed by atoms with van der Waals surface area (Å²) in [6.07, 6.45) is -4.64. The van der Waals surface area contributed by atoms with Gasteiger partial charge >= 0.3 is 6.18 Å². The number of alkyl halides is 3. The zero-order valence-corrected chi connectivity index (χ0v) is 11.6. The average molecular weight is 306 g/mol. The third-order valence-electron chi connectivity index (χ3n) is 2.58. The monoisotopic (exact) mass is 305 g/mol. The molecule has 0 spiro atoms. The number of hydrogen-bond donors (Lipinski definition) is 2. The Labute approximate surface area is 120 Å². The van der Waals surface area contributed by atoms with Crippen LogP contribution in [0, 0.1) is 17.8 Å². The number of hydrogen-bond acceptors (Lipinski definition) is 2. The van der Waals surface area contributed by atoms with Gasteiger partial charge in [0.15, 0.2) is 6.10 Å². The first-order chi connectivity index (χ1) is 9.25. The Morgan fingerprint density at radius 1 is 1.40 bits per heavy atom. The second-order valence-electron chi connectivity index (χ2n) is 4.39. The number of benzene rings is 1. The van der Waals surface area contributed by atoms with Gasteiger partial charge in [0.1, 0.15) is 0 Å². The minimum absolute atomic E-state index is 0.0949. The second kappa shape index (κ2) is 6.87. The van der Waals surface area contributed by atoms with Crippen LogP contribution >= 0.6 is 11.6 Å². The van der Waals surface area contributed by atoms with E-state index in [0.717, 1.165) is 12.0 Å². The van der Waals surface area contributed by atoms with Crippen LogP contribution in [0.2, 0.25) is 5.02 Å². The van der Waals surface area contributed by atoms with Gasteiger partial charge in [-0.15, -0.1) is 11.8 Å². The molecule has 1 aromatic carbocycles. The van der Waals surface area contributed by atoms with E-state index in [4.69, 9.17) is 22.4 Å². The van der Waals surface area contributed by atoms with Crippen molar-refractivity contribution < 1.29 is 18.3 Å². The highest BCUT2D eigenvalue weighted by Gasteiger charge is 2.40. The third kappa shape index (κ3) is 5.32. The van der Waals surface area contributed by atoms with Crippen LogP contribution in [0.5, 0.6) is 0 Å². The highest BCUT2D eigenvalue weighted by atomic mass is 35.5. The molecule has 0 radical (unpaired) electrons. The van der Waals surface area contributed by atoms with E-state index in [0.29, 0.717) is 0 Å². The Morgan fingerprint density at radius 2 is 2.00 bits per heavy atom. The molecular weight excluding hydrogens is 291 g/mol. The molecule has 0 heterocycles. The van der Waals surface area contributed by atoms with Crippen molar-refractivity contribution in [2.75, 3.05) is 5.73 Å². The number of aliphatic hydroxyl groups excluding tert-OH is 1. The first-order valence-electron chi connectivity index (χ1n) is 5.97. The molecule has 1 fully saturated rings. The van der Waals surface area contributed by atoms with E-state index in [1.54, 1.807) is 0 Å². The molecule has 0 amide bonds. The molecule has 1 unspecified atom stereocenters. The van der Waals surface area contributed by atoms with E-state index in [1.165, 1.54) is 25.0 Å². The number of aliphatic hydroxyl groups is 1. The smallest absolute Gasteiger partial charge is 0.398 e. The summed E-state index contributed by atoms with van der Waals surface area (Å²) in [4.78, 5) is 0. The van der Waals surface area contributed by atoms with Gasteiger partial charge in [-0.1, -0.05) is 11.6 Å². The predicted octanol–water partition coefficient (Wildman–Crippen LogP) is 3.94. The number of nitrogens with two attached hydrogens (primary N) is 1. The van der Waals surface area contributed by atoms with E-state index >= 15 is 0 Å². The summed E-state index contributed by atoms with van der Waals surface area (Å²) < 4.78 is 36.3. The first kappa shape index (κ1) is 16.7. The summed E-state index contributed by atoms with van der Waals surface area (Å²) in [5.74, 6) is 6.74. The predicted molar refractivity (Wildman–Crippen MR) is 73.1 cm³/mol. The highest BCUT2D eigenvalue weighted by molar-refractivity contribution is 6.30. The fourth-order valence-electron chi connectivity index (χ4n) is 1.39. The summed E-state index contributed by atoms with van der Waals surface area (Å²) in [5.41, 5.74) is 4.70. The number of nitrogen functional groups attached to an aromatic ring is 1. The molecule has 1 atom stereocenters. The van der Waals surface area contributed by atoms with Gasteiger partial charge in [0.05, 0.1) is 0 Å². The van der Waals surface area contributed by atoms with E-state index in [9.17, 15) is 13.2 Å². The maximum atomic E-state index is 12.1. The molecule has 1 aliphatic carbocycles. The lowest BCUT2D eigenvalue weighted by molar-refractivity contribution is -0.206. The molecule has 1 aromatic rings. The molecule has 2 nitrogen and oxygen atoms in total. The highest BCUT2D eigenvalue weighted by Crippen LogP contribution is 2.36. The molecule has 20 heavy (non-hydrogen) atoms. The largest absolute Gasteiger partial charge is 0.418 e. The van der Waals surface area contributed by atoms with Crippen LogP contribution in [-0.4, -0.2) is 11.3 Å². The zero-order valence-electron chi connectivity index (χ0n) is 10.8. The fraction of sp³-hybridized carbons (Fsp3) is 0.429. The summed E-state index contributed by atoms with van der Waals surface area (Å²) in [5, 5.41) is 8.99. The van der Waals surface area contributed by atoms with E-state index < -0.39 is 17.8 Å². The SMILES string of the molecule is CC#CC1CC1.Nc1ccc(Cl)cc1C(O)C(F)(F)F. The Bertz CT molecular complexity index is 515. The van der Waals surface area contributed by atoms with Gasteiger partial charge in [0.25, 0.3) is 0 Å². The van der Waals surface area contributed by atoms with Crippen LogP contribution in [0.15, 0.2) is 18.2 Å². The van der Waals surface area contributed by atoms with Crippen LogP contribution in [-0.2, 0) is 0 Å². The minimum atomic E-state index is -4.74. The molecule has 2 rings (SSSR count). The maximum absolute atomic E-state index is 12.1. The summed E-state index contributed by atoms with van der Waals surface area (Å²) >= 11 is 5.48. The van der Waals surface area contributed by atoms with Gasteiger partial charge in [-0.05, 0) is 38.0 Å². The van der Waals surface area contributed by atoms with Crippen molar-refractivity contribution >= 4 is 17.3 Å². The Kier molecular flexibility index (Phi) is 5.73. The summed E-state index contributed by atoms with van der Waals surface area (Å²) in [6.45, 7) is 1.90. The van der Waals surface area contributed by atoms with Crippen molar-refractivity contribution in [2.45, 2.75) is 32.0 Å². The van der Waals surface area contributed by atoms with Crippen LogP contribution in [0.25, 0.3) is 0 Å². The van der Waals surface area contributed by atoms with Gasteiger partial charge in [-0.25, -0.2) is 0 Å². The second-order valence-corrected chi connectivity index (χ2v) is 4.82. The lowest BCUT2D eigenvalue weighted by atomic mass is 10.1. The standard InChI is InChI=1S/C8H7ClF3NO.C6H8/c9-4-1-2-6(13)5(3-4)7(14)8(10,11)12;1-2-3-6-4-5-6/h1-3,7,14H,13H2;6H,4-5H2,1H3. The van der Waals surface area contributed by atoms with E-state index in [-0.39, 0.29) is 10.7 Å². The summed E-state index contributed by atoms with van der Waals surface area (Å²) in [7, 11) is 0. The molecule has 1 aliphatic rings. The molecule has 0 aromatic heterocycles. The topological polar surface area (TPSA) is 46.2 Å². The quantitative estimate of drug-likeness (QED) is 0.610. The molecular formula is C14H15ClF3NO. The van der Waals surface area contributed by atoms with Crippen molar-refractivity contribution in [1.82, 2.24) is 0 Å². The summed E-state index contributed by atoms with van der Waals surface area (Å²) in [6, 6.07) is 3.56. The molecule has 0 bridgehead atoms. The Hall–Kier alpha value is -1.38. The van der Waals surface area contributed by atoms with Crippen molar-refractivity contribution in [2.24, 2.45) is 5.92 Å². The average Bonchev–Trinajstić information content (AvgIpc) is 3.15. The molecule has 1 saturated carbocycles. The number of halogens is 4. The van der Waals surface area contributed by atoms with Gasteiger partial charge in [0.2, 0.25) is 0 Å². The lowest BCUT2D eigenvalue weighted by Gasteiger charge is -2.16. The number of anilines is 1. The maximum Gasteiger partial charge on any atom is 0.418 e.